The second-order valence-corrected chi connectivity index (χ2v) is 8.98. The molecule has 8 nitrogen and oxygen atoms in total. The molecule has 0 aromatic heterocycles. The zero-order valence-electron chi connectivity index (χ0n) is 20.5. The molecule has 34 heavy (non-hydrogen) atoms. The highest BCUT2D eigenvalue weighted by Crippen LogP contribution is 2.40. The lowest BCUT2D eigenvalue weighted by molar-refractivity contribution is -0.169. The van der Waals surface area contributed by atoms with Crippen LogP contribution >= 0.6 is 11.6 Å². The summed E-state index contributed by atoms with van der Waals surface area (Å²) in [7, 11) is 1.27. The molecule has 0 radical (unpaired) electrons. The molecule has 0 aliphatic heterocycles. The van der Waals surface area contributed by atoms with E-state index in [2.05, 4.69) is 11.7 Å². The summed E-state index contributed by atoms with van der Waals surface area (Å²) in [5, 5.41) is 11.2. The molecular formula is C25H37ClO8. The summed E-state index contributed by atoms with van der Waals surface area (Å²) in [6.07, 6.45) is 7.98. The quantitative estimate of drug-likeness (QED) is 0.154. The third-order valence-corrected chi connectivity index (χ3v) is 6.03. The number of halogens is 1. The fourth-order valence-corrected chi connectivity index (χ4v) is 4.32. The number of hydrogen-bond acceptors (Lipinski definition) is 8. The molecule has 0 heterocycles. The molecule has 1 rings (SSSR count). The first-order chi connectivity index (χ1) is 16.0. The molecule has 0 spiro atoms. The lowest BCUT2D eigenvalue weighted by Gasteiger charge is -2.33. The minimum Gasteiger partial charge on any atom is -0.469 e. The Morgan fingerprint density at radius 1 is 1.12 bits per heavy atom. The van der Waals surface area contributed by atoms with Gasteiger partial charge < -0.3 is 19.3 Å². The Hall–Kier alpha value is -2.19. The summed E-state index contributed by atoms with van der Waals surface area (Å²) in [4.78, 5) is 47.8. The molecule has 0 amide bonds. The van der Waals surface area contributed by atoms with Crippen molar-refractivity contribution >= 4 is 35.3 Å². The van der Waals surface area contributed by atoms with E-state index in [-0.39, 0.29) is 30.7 Å². The Bertz CT molecular complexity index is 775. The number of ketones is 1. The summed E-state index contributed by atoms with van der Waals surface area (Å²) in [6, 6.07) is 0. The van der Waals surface area contributed by atoms with Crippen molar-refractivity contribution in [3.8, 4) is 0 Å². The topological polar surface area (TPSA) is 116 Å². The van der Waals surface area contributed by atoms with Crippen molar-refractivity contribution < 1.29 is 38.5 Å². The van der Waals surface area contributed by atoms with E-state index < -0.39 is 47.4 Å². The van der Waals surface area contributed by atoms with Crippen molar-refractivity contribution in [3.05, 3.63) is 23.3 Å². The Morgan fingerprint density at radius 3 is 2.35 bits per heavy atom. The number of esters is 3. The van der Waals surface area contributed by atoms with Gasteiger partial charge in [0.05, 0.1) is 23.7 Å². The fraction of sp³-hybridized carbons (Fsp3) is 0.680. The van der Waals surface area contributed by atoms with E-state index in [1.807, 2.05) is 12.2 Å². The van der Waals surface area contributed by atoms with Crippen LogP contribution in [0.1, 0.15) is 78.6 Å². The van der Waals surface area contributed by atoms with E-state index in [9.17, 15) is 24.3 Å². The van der Waals surface area contributed by atoms with Crippen LogP contribution in [0.15, 0.2) is 23.3 Å². The van der Waals surface area contributed by atoms with Crippen LogP contribution in [0.2, 0.25) is 0 Å². The van der Waals surface area contributed by atoms with Crippen molar-refractivity contribution in [2.24, 2.45) is 5.92 Å². The summed E-state index contributed by atoms with van der Waals surface area (Å²) in [6.45, 7) is 4.54. The van der Waals surface area contributed by atoms with Crippen LogP contribution in [0, 0.1) is 5.92 Å². The van der Waals surface area contributed by atoms with Gasteiger partial charge in [0, 0.05) is 26.7 Å². The maximum atomic E-state index is 12.8. The zero-order valence-corrected chi connectivity index (χ0v) is 21.3. The summed E-state index contributed by atoms with van der Waals surface area (Å²) in [5.74, 6) is -3.09. The molecule has 0 aromatic rings. The maximum absolute atomic E-state index is 12.8. The number of carbonyl (C=O) groups is 4. The molecule has 0 fully saturated rings. The summed E-state index contributed by atoms with van der Waals surface area (Å²) < 4.78 is 15.4. The van der Waals surface area contributed by atoms with Gasteiger partial charge in [-0.15, -0.1) is 0 Å². The molecule has 4 atom stereocenters. The molecule has 1 aliphatic rings. The van der Waals surface area contributed by atoms with E-state index in [0.29, 0.717) is 6.42 Å². The average molecular weight is 501 g/mol. The van der Waals surface area contributed by atoms with Gasteiger partial charge in [0.2, 0.25) is 0 Å². The first-order valence-corrected chi connectivity index (χ1v) is 12.1. The number of Topliss-reactive ketones (excluding diaryl/α,β-unsaturated/α-hetero) is 1. The van der Waals surface area contributed by atoms with Crippen molar-refractivity contribution in [3.63, 3.8) is 0 Å². The molecule has 0 saturated carbocycles. The van der Waals surface area contributed by atoms with Gasteiger partial charge in [-0.3, -0.25) is 19.2 Å². The minimum absolute atomic E-state index is 0.0804. The third kappa shape index (κ3) is 9.97. The van der Waals surface area contributed by atoms with Crippen molar-refractivity contribution in [2.45, 2.75) is 96.4 Å². The van der Waals surface area contributed by atoms with Crippen LogP contribution in [-0.4, -0.2) is 53.7 Å². The van der Waals surface area contributed by atoms with Gasteiger partial charge in [-0.05, 0) is 38.2 Å². The molecular weight excluding hydrogens is 464 g/mol. The Morgan fingerprint density at radius 2 is 1.76 bits per heavy atom. The molecule has 0 aromatic carbocycles. The van der Waals surface area contributed by atoms with Gasteiger partial charge in [-0.2, -0.15) is 0 Å². The third-order valence-electron chi connectivity index (χ3n) is 5.73. The smallest absolute Gasteiger partial charge is 0.305 e. The van der Waals surface area contributed by atoms with E-state index in [1.165, 1.54) is 27.0 Å². The van der Waals surface area contributed by atoms with E-state index in [1.54, 1.807) is 0 Å². The lowest BCUT2D eigenvalue weighted by atomic mass is 9.81. The van der Waals surface area contributed by atoms with E-state index >= 15 is 0 Å². The monoisotopic (exact) mass is 500 g/mol. The van der Waals surface area contributed by atoms with Gasteiger partial charge >= 0.3 is 17.9 Å². The number of allylic oxidation sites excluding steroid dienone is 2. The van der Waals surface area contributed by atoms with Crippen LogP contribution in [-0.2, 0) is 33.4 Å². The SMILES string of the molecule is CCCCC/C=C\C[C@@]1(O)C=C(Cl)C(=O)[C@@H]1C[C@H](OC(C)=O)[C@H](CCCC(=O)OC)OC(C)=O. The van der Waals surface area contributed by atoms with Crippen LogP contribution < -0.4 is 0 Å². The standard InChI is InChI=1S/C25H37ClO8/c1-5-6-7-8-9-10-14-25(31)16-20(26)24(30)19(25)15-22(34-18(3)28)21(33-17(2)27)12-11-13-23(29)32-4/h9-10,16,19,21-22,31H,5-8,11-15H2,1-4H3/b10-9-/t19-,21-,22-,25+/m0/s1. The zero-order chi connectivity index (χ0) is 25.7. The minimum atomic E-state index is -1.55. The first-order valence-electron chi connectivity index (χ1n) is 11.7. The summed E-state index contributed by atoms with van der Waals surface area (Å²) >= 11 is 6.09. The van der Waals surface area contributed by atoms with Gasteiger partial charge in [0.15, 0.2) is 5.78 Å². The van der Waals surface area contributed by atoms with E-state index in [4.69, 9.17) is 21.1 Å². The van der Waals surface area contributed by atoms with Crippen molar-refractivity contribution in [2.75, 3.05) is 7.11 Å². The number of rotatable bonds is 15. The fourth-order valence-electron chi connectivity index (χ4n) is 4.00. The molecule has 192 valence electrons. The second-order valence-electron chi connectivity index (χ2n) is 8.57. The number of ether oxygens (including phenoxy) is 3. The maximum Gasteiger partial charge on any atom is 0.305 e. The molecule has 0 unspecified atom stereocenters. The Balaban J connectivity index is 3.05. The average Bonchev–Trinajstić information content (AvgIpc) is 2.97. The number of hydrogen-bond donors (Lipinski definition) is 1. The normalized spacial score (nSPS) is 21.8. The van der Waals surface area contributed by atoms with Crippen molar-refractivity contribution in [1.82, 2.24) is 0 Å². The highest BCUT2D eigenvalue weighted by atomic mass is 35.5. The van der Waals surface area contributed by atoms with Crippen LogP contribution in [0.3, 0.4) is 0 Å². The number of aliphatic hydroxyl groups is 1. The largest absolute Gasteiger partial charge is 0.469 e. The van der Waals surface area contributed by atoms with Gasteiger partial charge in [-0.1, -0.05) is 43.5 Å². The van der Waals surface area contributed by atoms with Gasteiger partial charge in [-0.25, -0.2) is 0 Å². The van der Waals surface area contributed by atoms with Crippen LogP contribution in [0.5, 0.6) is 0 Å². The van der Waals surface area contributed by atoms with Gasteiger partial charge in [0.1, 0.15) is 12.2 Å². The van der Waals surface area contributed by atoms with Crippen molar-refractivity contribution in [1.29, 1.82) is 0 Å². The highest BCUT2D eigenvalue weighted by Gasteiger charge is 2.48. The van der Waals surface area contributed by atoms with Crippen LogP contribution in [0.25, 0.3) is 0 Å². The predicted molar refractivity (Wildman–Crippen MR) is 127 cm³/mol. The number of carbonyl (C=O) groups excluding carboxylic acids is 4. The molecule has 1 N–H and O–H groups in total. The Kier molecular flexibility index (Phi) is 13.1. The molecule has 0 bridgehead atoms. The van der Waals surface area contributed by atoms with E-state index in [0.717, 1.165) is 25.7 Å². The summed E-state index contributed by atoms with van der Waals surface area (Å²) in [5.41, 5.74) is -1.55. The molecule has 9 heteroatoms. The lowest BCUT2D eigenvalue weighted by Crippen LogP contribution is -2.43. The molecule has 1 aliphatic carbocycles. The second kappa shape index (κ2) is 14.9. The number of unbranched alkanes of at least 4 members (excludes halogenated alkanes) is 3. The Labute approximate surface area is 206 Å². The predicted octanol–water partition coefficient (Wildman–Crippen LogP) is 4.16. The highest BCUT2D eigenvalue weighted by molar-refractivity contribution is 6.43. The van der Waals surface area contributed by atoms with Gasteiger partial charge in [0.25, 0.3) is 0 Å². The number of methoxy groups -OCH3 is 1. The molecule has 0 saturated heterocycles. The first kappa shape index (κ1) is 29.8. The van der Waals surface area contributed by atoms with Crippen LogP contribution in [0.4, 0.5) is 0 Å².